The van der Waals surface area contributed by atoms with Crippen LogP contribution < -0.4 is 0 Å². The fraction of sp³-hybridized carbons (Fsp3) is 1.00. The molecule has 0 bridgehead atoms. The molecule has 0 N–H and O–H groups in total. The minimum Gasteiger partial charge on any atom is -0.349 e. The van der Waals surface area contributed by atoms with Crippen molar-refractivity contribution in [3.8, 4) is 0 Å². The van der Waals surface area contributed by atoms with Crippen LogP contribution in [0.25, 0.3) is 0 Å². The van der Waals surface area contributed by atoms with Crippen LogP contribution in [0.4, 0.5) is 0 Å². The van der Waals surface area contributed by atoms with Gasteiger partial charge in [0.05, 0.1) is 12.7 Å². The minimum atomic E-state index is -0.283. The van der Waals surface area contributed by atoms with E-state index in [1.165, 1.54) is 38.5 Å². The van der Waals surface area contributed by atoms with Crippen LogP contribution in [0.5, 0.6) is 0 Å². The summed E-state index contributed by atoms with van der Waals surface area (Å²) in [6, 6.07) is 0. The van der Waals surface area contributed by atoms with Crippen molar-refractivity contribution in [1.29, 1.82) is 0 Å². The number of hydrogen-bond donors (Lipinski definition) is 0. The highest BCUT2D eigenvalue weighted by Crippen LogP contribution is 2.76. The Morgan fingerprint density at radius 1 is 0.765 bits per heavy atom. The summed E-state index contributed by atoms with van der Waals surface area (Å²) in [6.45, 7) is 24.3. The maximum atomic E-state index is 7.04. The molecule has 0 radical (unpaired) electrons. The highest BCUT2D eigenvalue weighted by atomic mass is 16.7. The summed E-state index contributed by atoms with van der Waals surface area (Å²) in [5.41, 5.74) is 1.37. The Kier molecular flexibility index (Phi) is 5.35. The summed E-state index contributed by atoms with van der Waals surface area (Å²) in [7, 11) is 0. The zero-order chi connectivity index (χ0) is 24.4. The first kappa shape index (κ1) is 24.3. The Balaban J connectivity index is 1.35. The Morgan fingerprint density at radius 2 is 1.50 bits per heavy atom. The third-order valence-electron chi connectivity index (χ3n) is 14.2. The fourth-order valence-corrected chi connectivity index (χ4v) is 12.7. The van der Waals surface area contributed by atoms with Crippen molar-refractivity contribution in [2.24, 2.45) is 75.4 Å². The molecule has 0 aromatic rings. The highest BCUT2D eigenvalue weighted by Gasteiger charge is 2.72. The molecule has 15 unspecified atom stereocenters. The van der Waals surface area contributed by atoms with Gasteiger partial charge in [-0.05, 0) is 108 Å². The Labute approximate surface area is 210 Å². The Bertz CT molecular complexity index is 814. The topological polar surface area (TPSA) is 18.5 Å². The standard InChI is InChI=1S/C32H54O2/c1-18-10-11-32(33-17-18)23(6)28-26(34-32)14-25-24-13-21(4)30(8)15-19(2)12-22(5)31(30,9)27(24)20(3)16-29(25,28)7/h18-28H,10-17H2,1-9H3. The van der Waals surface area contributed by atoms with E-state index in [4.69, 9.17) is 9.47 Å². The second-order valence-electron chi connectivity index (χ2n) is 15.7. The predicted molar refractivity (Wildman–Crippen MR) is 139 cm³/mol. The molecule has 2 aliphatic heterocycles. The van der Waals surface area contributed by atoms with Crippen LogP contribution in [0.2, 0.25) is 0 Å². The molecule has 4 aliphatic carbocycles. The first-order chi connectivity index (χ1) is 15.9. The lowest BCUT2D eigenvalue weighted by atomic mass is 9.34. The van der Waals surface area contributed by atoms with Crippen LogP contribution in [-0.4, -0.2) is 18.5 Å². The minimum absolute atomic E-state index is 0.283. The van der Waals surface area contributed by atoms with E-state index in [1.54, 1.807) is 0 Å². The molecule has 6 rings (SSSR count). The molecule has 34 heavy (non-hydrogen) atoms. The molecule has 1 spiro atoms. The molecule has 2 heterocycles. The van der Waals surface area contributed by atoms with Gasteiger partial charge in [0.2, 0.25) is 0 Å². The van der Waals surface area contributed by atoms with Crippen molar-refractivity contribution in [2.45, 2.75) is 119 Å². The van der Waals surface area contributed by atoms with Gasteiger partial charge >= 0.3 is 0 Å². The normalized spacial score (nSPS) is 65.4. The molecule has 2 nitrogen and oxygen atoms in total. The van der Waals surface area contributed by atoms with E-state index in [2.05, 4.69) is 62.3 Å². The van der Waals surface area contributed by atoms with Crippen LogP contribution >= 0.6 is 0 Å². The summed E-state index contributed by atoms with van der Waals surface area (Å²) in [5.74, 6) is 7.54. The summed E-state index contributed by atoms with van der Waals surface area (Å²) >= 11 is 0. The fourth-order valence-electron chi connectivity index (χ4n) is 12.7. The summed E-state index contributed by atoms with van der Waals surface area (Å²) in [4.78, 5) is 0. The zero-order valence-electron chi connectivity index (χ0n) is 23.8. The molecule has 0 aromatic heterocycles. The van der Waals surface area contributed by atoms with Gasteiger partial charge in [-0.15, -0.1) is 0 Å². The quantitative estimate of drug-likeness (QED) is 0.355. The SMILES string of the molecule is CC1CCC2(OC1)OC1CC3C4CC(C)C5(C)CC(C)CC(C)C5(C)C4C(C)CC3(C)C1C2C. The predicted octanol–water partition coefficient (Wildman–Crippen LogP) is 8.20. The van der Waals surface area contributed by atoms with E-state index in [0.717, 1.165) is 54.5 Å². The third kappa shape index (κ3) is 2.83. The number of rotatable bonds is 0. The number of fused-ring (bicyclic) bond motifs is 7. The van der Waals surface area contributed by atoms with Gasteiger partial charge in [0, 0.05) is 12.3 Å². The van der Waals surface area contributed by atoms with Crippen LogP contribution in [0, 0.1) is 75.4 Å². The van der Waals surface area contributed by atoms with Gasteiger partial charge in [0.15, 0.2) is 5.79 Å². The molecular weight excluding hydrogens is 416 g/mol. The van der Waals surface area contributed by atoms with Crippen LogP contribution in [-0.2, 0) is 9.47 Å². The van der Waals surface area contributed by atoms with Gasteiger partial charge in [0.1, 0.15) is 0 Å². The molecular formula is C32H54O2. The van der Waals surface area contributed by atoms with Crippen molar-refractivity contribution in [2.75, 3.05) is 6.61 Å². The molecule has 2 heteroatoms. The zero-order valence-corrected chi connectivity index (χ0v) is 23.8. The monoisotopic (exact) mass is 470 g/mol. The van der Waals surface area contributed by atoms with Gasteiger partial charge in [-0.2, -0.15) is 0 Å². The van der Waals surface area contributed by atoms with Gasteiger partial charge in [0.25, 0.3) is 0 Å². The molecule has 6 aliphatic rings. The van der Waals surface area contributed by atoms with E-state index in [0.29, 0.717) is 40.1 Å². The van der Waals surface area contributed by atoms with E-state index >= 15 is 0 Å². The first-order valence-corrected chi connectivity index (χ1v) is 15.2. The molecule has 0 aromatic carbocycles. The number of hydrogen-bond acceptors (Lipinski definition) is 2. The average Bonchev–Trinajstić information content (AvgIpc) is 3.18. The van der Waals surface area contributed by atoms with Crippen molar-refractivity contribution in [1.82, 2.24) is 0 Å². The molecule has 6 fully saturated rings. The van der Waals surface area contributed by atoms with Crippen LogP contribution in [0.15, 0.2) is 0 Å². The van der Waals surface area contributed by atoms with Gasteiger partial charge < -0.3 is 9.47 Å². The molecule has 15 atom stereocenters. The molecule has 0 amide bonds. The summed E-state index contributed by atoms with van der Waals surface area (Å²) in [5, 5.41) is 0. The Morgan fingerprint density at radius 3 is 2.18 bits per heavy atom. The van der Waals surface area contributed by atoms with E-state index < -0.39 is 0 Å². The lowest BCUT2D eigenvalue weighted by molar-refractivity contribution is -0.275. The maximum absolute atomic E-state index is 7.04. The lowest BCUT2D eigenvalue weighted by Gasteiger charge is -2.71. The van der Waals surface area contributed by atoms with Crippen molar-refractivity contribution in [3.05, 3.63) is 0 Å². The first-order valence-electron chi connectivity index (χ1n) is 15.2. The lowest BCUT2D eigenvalue weighted by Crippen LogP contribution is -2.65. The van der Waals surface area contributed by atoms with Crippen molar-refractivity contribution < 1.29 is 9.47 Å². The van der Waals surface area contributed by atoms with Gasteiger partial charge in [-0.25, -0.2) is 0 Å². The largest absolute Gasteiger partial charge is 0.349 e. The van der Waals surface area contributed by atoms with Crippen molar-refractivity contribution in [3.63, 3.8) is 0 Å². The molecule has 2 saturated heterocycles. The smallest absolute Gasteiger partial charge is 0.171 e. The van der Waals surface area contributed by atoms with Crippen LogP contribution in [0.1, 0.15) is 107 Å². The average molecular weight is 471 g/mol. The second-order valence-corrected chi connectivity index (χ2v) is 15.7. The van der Waals surface area contributed by atoms with Crippen molar-refractivity contribution >= 4 is 0 Å². The van der Waals surface area contributed by atoms with Gasteiger partial charge in [-0.1, -0.05) is 62.3 Å². The maximum Gasteiger partial charge on any atom is 0.171 e. The highest BCUT2D eigenvalue weighted by molar-refractivity contribution is 5.19. The van der Waals surface area contributed by atoms with E-state index in [9.17, 15) is 0 Å². The number of ether oxygens (including phenoxy) is 2. The van der Waals surface area contributed by atoms with Crippen LogP contribution in [0.3, 0.4) is 0 Å². The molecule has 4 saturated carbocycles. The summed E-state index contributed by atoms with van der Waals surface area (Å²) < 4.78 is 13.6. The molecule has 194 valence electrons. The van der Waals surface area contributed by atoms with E-state index in [1.807, 2.05) is 0 Å². The Hall–Kier alpha value is -0.0800. The van der Waals surface area contributed by atoms with Gasteiger partial charge in [-0.3, -0.25) is 0 Å². The second kappa shape index (κ2) is 7.49. The van der Waals surface area contributed by atoms with E-state index in [-0.39, 0.29) is 5.79 Å². The third-order valence-corrected chi connectivity index (χ3v) is 14.2. The summed E-state index contributed by atoms with van der Waals surface area (Å²) in [6.07, 6.45) is 9.81.